The molecule has 0 saturated carbocycles. The molecule has 2 atom stereocenters. The second kappa shape index (κ2) is 12.3. The zero-order valence-corrected chi connectivity index (χ0v) is 22.9. The fourth-order valence-corrected chi connectivity index (χ4v) is 5.38. The number of ketones is 1. The predicted octanol–water partition coefficient (Wildman–Crippen LogP) is 6.53. The molecule has 1 N–H and O–H groups in total. The Hall–Kier alpha value is -4.27. The van der Waals surface area contributed by atoms with Gasteiger partial charge in [-0.15, -0.1) is 0 Å². The summed E-state index contributed by atoms with van der Waals surface area (Å²) in [5.74, 6) is 3.11. The van der Waals surface area contributed by atoms with E-state index in [1.54, 1.807) is 36.4 Å². The third-order valence-electron chi connectivity index (χ3n) is 7.46. The van der Waals surface area contributed by atoms with Crippen molar-refractivity contribution in [2.75, 3.05) is 29.9 Å². The summed E-state index contributed by atoms with van der Waals surface area (Å²) in [5, 5.41) is 3.08. The largest absolute Gasteiger partial charge is 0.489 e. The Labute approximate surface area is 233 Å². The van der Waals surface area contributed by atoms with Crippen LogP contribution in [-0.4, -0.2) is 40.4 Å². The molecule has 5 rings (SSSR count). The molecule has 208 valence electrons. The van der Waals surface area contributed by atoms with Crippen molar-refractivity contribution in [2.45, 2.75) is 39.5 Å². The van der Waals surface area contributed by atoms with Crippen LogP contribution < -0.4 is 19.7 Å². The zero-order valence-electron chi connectivity index (χ0n) is 22.9. The molecule has 0 aliphatic carbocycles. The minimum Gasteiger partial charge on any atom is -0.489 e. The van der Waals surface area contributed by atoms with Crippen molar-refractivity contribution in [3.63, 3.8) is 0 Å². The van der Waals surface area contributed by atoms with Crippen molar-refractivity contribution < 1.29 is 18.7 Å². The number of rotatable bonds is 9. The standard InChI is InChI=1S/C31H34FN5O3/c1-4-8-22(38)11-10-20-9-7-14-37-17-21(20)18-39-28-16-27-29(36-31(28)37)30(34-19-33-27)35-26-13-12-24(15-25(26)32)40-23(5-2)6-3/h4-6,8,12-13,15-16,19-21H,2,7,9-11,14,17-18H2,1,3H3,(H,33,34,35)/b8-4+,23-6+/t20?,21-/m0/s1. The molecular weight excluding hydrogens is 509 g/mol. The number of aromatic nitrogens is 3. The van der Waals surface area contributed by atoms with Gasteiger partial charge in [0.25, 0.3) is 0 Å². The van der Waals surface area contributed by atoms with Crippen LogP contribution in [0.5, 0.6) is 11.5 Å². The number of anilines is 3. The Morgan fingerprint density at radius 3 is 2.95 bits per heavy atom. The third kappa shape index (κ3) is 5.98. The van der Waals surface area contributed by atoms with E-state index in [0.717, 1.165) is 38.2 Å². The summed E-state index contributed by atoms with van der Waals surface area (Å²) in [6.45, 7) is 9.59. The van der Waals surface area contributed by atoms with Gasteiger partial charge in [-0.3, -0.25) is 4.79 Å². The van der Waals surface area contributed by atoms with E-state index in [2.05, 4.69) is 26.8 Å². The van der Waals surface area contributed by atoms with E-state index in [0.29, 0.717) is 59.0 Å². The van der Waals surface area contributed by atoms with E-state index >= 15 is 4.39 Å². The van der Waals surface area contributed by atoms with Crippen molar-refractivity contribution in [3.8, 4) is 11.5 Å². The maximum atomic E-state index is 15.0. The molecule has 2 aliphatic heterocycles. The Kier molecular flexibility index (Phi) is 8.38. The molecule has 0 amide bonds. The Morgan fingerprint density at radius 1 is 1.30 bits per heavy atom. The van der Waals surface area contributed by atoms with Crippen LogP contribution in [0.4, 0.5) is 21.7 Å². The molecule has 1 fully saturated rings. The van der Waals surface area contributed by atoms with Gasteiger partial charge in [0.1, 0.15) is 29.2 Å². The average molecular weight is 544 g/mol. The number of nitrogens with one attached hydrogen (secondary N) is 1. The van der Waals surface area contributed by atoms with Gasteiger partial charge in [0.2, 0.25) is 0 Å². The van der Waals surface area contributed by atoms with Gasteiger partial charge in [0, 0.05) is 37.6 Å². The smallest absolute Gasteiger partial charge is 0.172 e. The lowest BCUT2D eigenvalue weighted by atomic mass is 9.85. The molecule has 9 heteroatoms. The number of benzene rings is 1. The monoisotopic (exact) mass is 543 g/mol. The summed E-state index contributed by atoms with van der Waals surface area (Å²) in [6.07, 6.45) is 11.7. The number of carbonyl (C=O) groups is 1. The molecule has 1 unspecified atom stereocenters. The number of ether oxygens (including phenoxy) is 2. The SMILES string of the molecule is C=C/C(=C\C)Oc1ccc(Nc2ncnc3cc4c(nc23)N2CCCC(CCC(=O)/C=C/C)[C@H](CO4)C2)c(F)c1. The summed E-state index contributed by atoms with van der Waals surface area (Å²) < 4.78 is 26.9. The lowest BCUT2D eigenvalue weighted by Crippen LogP contribution is -2.31. The highest BCUT2D eigenvalue weighted by molar-refractivity contribution is 5.90. The Bertz CT molecular complexity index is 1470. The van der Waals surface area contributed by atoms with Gasteiger partial charge in [-0.25, -0.2) is 19.3 Å². The van der Waals surface area contributed by atoms with E-state index in [9.17, 15) is 4.79 Å². The van der Waals surface area contributed by atoms with Crippen molar-refractivity contribution >= 4 is 34.1 Å². The molecule has 0 radical (unpaired) electrons. The molecule has 0 spiro atoms. The minimum atomic E-state index is -0.490. The number of allylic oxidation sites excluding steroid dienone is 4. The fraction of sp³-hybridized carbons (Fsp3) is 0.355. The molecule has 2 bridgehead atoms. The minimum absolute atomic E-state index is 0.172. The van der Waals surface area contributed by atoms with E-state index in [-0.39, 0.29) is 11.5 Å². The molecule has 2 aromatic heterocycles. The van der Waals surface area contributed by atoms with E-state index < -0.39 is 5.82 Å². The number of halogens is 1. The molecule has 40 heavy (non-hydrogen) atoms. The number of carbonyl (C=O) groups excluding carboxylic acids is 1. The van der Waals surface area contributed by atoms with Crippen molar-refractivity contribution in [1.82, 2.24) is 15.0 Å². The Morgan fingerprint density at radius 2 is 2.17 bits per heavy atom. The maximum absolute atomic E-state index is 15.0. The highest BCUT2D eigenvalue weighted by Crippen LogP contribution is 2.39. The van der Waals surface area contributed by atoms with Crippen LogP contribution >= 0.6 is 0 Å². The highest BCUT2D eigenvalue weighted by atomic mass is 19.1. The first-order valence-corrected chi connectivity index (χ1v) is 13.7. The molecule has 1 aromatic carbocycles. The van der Waals surface area contributed by atoms with Crippen LogP contribution in [0.3, 0.4) is 0 Å². The summed E-state index contributed by atoms with van der Waals surface area (Å²) in [7, 11) is 0. The van der Waals surface area contributed by atoms with Gasteiger partial charge >= 0.3 is 0 Å². The summed E-state index contributed by atoms with van der Waals surface area (Å²) in [5.41, 5.74) is 1.37. The van der Waals surface area contributed by atoms with Crippen molar-refractivity contribution in [1.29, 1.82) is 0 Å². The van der Waals surface area contributed by atoms with Crippen LogP contribution in [-0.2, 0) is 4.79 Å². The van der Waals surface area contributed by atoms with Gasteiger partial charge in [-0.05, 0) is 69.4 Å². The summed E-state index contributed by atoms with van der Waals surface area (Å²) >= 11 is 0. The molecule has 2 aliphatic rings. The van der Waals surface area contributed by atoms with Crippen molar-refractivity contribution in [3.05, 3.63) is 73.1 Å². The quantitative estimate of drug-likeness (QED) is 0.185. The lowest BCUT2D eigenvalue weighted by molar-refractivity contribution is -0.115. The molecule has 1 saturated heterocycles. The van der Waals surface area contributed by atoms with Gasteiger partial charge in [-0.1, -0.05) is 12.7 Å². The maximum Gasteiger partial charge on any atom is 0.172 e. The van der Waals surface area contributed by atoms with Crippen LogP contribution in [0.2, 0.25) is 0 Å². The fourth-order valence-electron chi connectivity index (χ4n) is 5.38. The number of fused-ring (bicyclic) bond motifs is 5. The molecular formula is C31H34FN5O3. The first-order chi connectivity index (χ1) is 19.5. The number of nitrogens with zero attached hydrogens (tertiary/aromatic N) is 4. The van der Waals surface area contributed by atoms with Crippen LogP contribution in [0.15, 0.2) is 67.2 Å². The Balaban J connectivity index is 1.39. The molecule has 3 aromatic rings. The lowest BCUT2D eigenvalue weighted by Gasteiger charge is -2.25. The number of hydrogen-bond acceptors (Lipinski definition) is 8. The third-order valence-corrected chi connectivity index (χ3v) is 7.46. The van der Waals surface area contributed by atoms with Crippen LogP contribution in [0.25, 0.3) is 11.0 Å². The van der Waals surface area contributed by atoms with E-state index in [4.69, 9.17) is 14.5 Å². The average Bonchev–Trinajstić information content (AvgIpc) is 3.27. The normalized spacial score (nSPS) is 19.0. The topological polar surface area (TPSA) is 89.5 Å². The van der Waals surface area contributed by atoms with E-state index in [1.807, 2.05) is 19.9 Å². The number of hydrogen-bond donors (Lipinski definition) is 1. The van der Waals surface area contributed by atoms with Crippen LogP contribution in [0, 0.1) is 17.7 Å². The second-order valence-electron chi connectivity index (χ2n) is 10.1. The molecule has 4 heterocycles. The van der Waals surface area contributed by atoms with Crippen LogP contribution in [0.1, 0.15) is 39.5 Å². The second-order valence-corrected chi connectivity index (χ2v) is 10.1. The van der Waals surface area contributed by atoms with Gasteiger partial charge in [0.15, 0.2) is 23.2 Å². The number of pyridine rings is 1. The van der Waals surface area contributed by atoms with Gasteiger partial charge in [-0.2, -0.15) is 0 Å². The predicted molar refractivity (Wildman–Crippen MR) is 155 cm³/mol. The van der Waals surface area contributed by atoms with E-state index in [1.165, 1.54) is 12.4 Å². The zero-order chi connectivity index (χ0) is 28.1. The summed E-state index contributed by atoms with van der Waals surface area (Å²) in [4.78, 5) is 28.1. The van der Waals surface area contributed by atoms with Gasteiger partial charge < -0.3 is 19.7 Å². The first kappa shape index (κ1) is 27.3. The van der Waals surface area contributed by atoms with Crippen molar-refractivity contribution in [2.24, 2.45) is 11.8 Å². The first-order valence-electron chi connectivity index (χ1n) is 13.7. The summed E-state index contributed by atoms with van der Waals surface area (Å²) in [6, 6.07) is 6.47. The van der Waals surface area contributed by atoms with Gasteiger partial charge in [0.05, 0.1) is 17.8 Å². The molecule has 8 nitrogen and oxygen atoms in total. The highest BCUT2D eigenvalue weighted by Gasteiger charge is 2.33.